The average Bonchev–Trinajstić information content (AvgIpc) is 1.96. The molecule has 0 spiro atoms. The zero-order valence-corrected chi connectivity index (χ0v) is 8.05. The molecule has 0 bridgehead atoms. The van der Waals surface area contributed by atoms with Crippen LogP contribution < -0.4 is 5.56 Å². The van der Waals surface area contributed by atoms with Gasteiger partial charge in [0.15, 0.2) is 0 Å². The minimum atomic E-state index is -0.0347. The second-order valence-corrected chi connectivity index (χ2v) is 2.93. The van der Waals surface area contributed by atoms with Crippen molar-refractivity contribution in [1.29, 1.82) is 0 Å². The lowest BCUT2D eigenvalue weighted by molar-refractivity contribution is 0.685. The van der Waals surface area contributed by atoms with Gasteiger partial charge in [-0.2, -0.15) is 5.10 Å². The fourth-order valence-corrected chi connectivity index (χ4v) is 1.33. The standard InChI is InChI=1S/C7H9BrN2O/c1-5-3-6(4-8)7(11)10(2)9-5/h3H,4H2,1-2H3. The van der Waals surface area contributed by atoms with E-state index in [9.17, 15) is 4.79 Å². The molecule has 11 heavy (non-hydrogen) atoms. The number of halogens is 1. The van der Waals surface area contributed by atoms with E-state index >= 15 is 0 Å². The Morgan fingerprint density at radius 1 is 1.73 bits per heavy atom. The number of nitrogens with zero attached hydrogens (tertiary/aromatic N) is 2. The van der Waals surface area contributed by atoms with Gasteiger partial charge in [-0.1, -0.05) is 15.9 Å². The van der Waals surface area contributed by atoms with E-state index in [0.717, 1.165) is 11.3 Å². The summed E-state index contributed by atoms with van der Waals surface area (Å²) in [7, 11) is 1.65. The van der Waals surface area contributed by atoms with Crippen LogP contribution in [0, 0.1) is 6.92 Å². The summed E-state index contributed by atoms with van der Waals surface area (Å²) in [6.07, 6.45) is 0. The van der Waals surface area contributed by atoms with E-state index in [4.69, 9.17) is 0 Å². The van der Waals surface area contributed by atoms with Gasteiger partial charge in [-0.15, -0.1) is 0 Å². The first-order chi connectivity index (χ1) is 5.15. The molecule has 0 amide bonds. The molecule has 1 heterocycles. The minimum absolute atomic E-state index is 0.0347. The summed E-state index contributed by atoms with van der Waals surface area (Å²) in [4.78, 5) is 11.2. The molecule has 60 valence electrons. The van der Waals surface area contributed by atoms with E-state index in [2.05, 4.69) is 21.0 Å². The second-order valence-electron chi connectivity index (χ2n) is 2.37. The second kappa shape index (κ2) is 3.17. The van der Waals surface area contributed by atoms with Crippen LogP contribution in [0.1, 0.15) is 11.3 Å². The van der Waals surface area contributed by atoms with Crippen molar-refractivity contribution in [2.24, 2.45) is 7.05 Å². The van der Waals surface area contributed by atoms with Crippen LogP contribution in [0.15, 0.2) is 10.9 Å². The lowest BCUT2D eigenvalue weighted by Gasteiger charge is -2.00. The summed E-state index contributed by atoms with van der Waals surface area (Å²) in [6.45, 7) is 1.87. The van der Waals surface area contributed by atoms with Gasteiger partial charge in [-0.05, 0) is 13.0 Å². The summed E-state index contributed by atoms with van der Waals surface area (Å²) in [5.74, 6) is 0. The molecule has 1 aromatic heterocycles. The molecule has 0 atom stereocenters. The Bertz CT molecular complexity index is 319. The van der Waals surface area contributed by atoms with Crippen LogP contribution in [0.2, 0.25) is 0 Å². The first kappa shape index (κ1) is 8.46. The van der Waals surface area contributed by atoms with Gasteiger partial charge in [0, 0.05) is 17.9 Å². The normalized spacial score (nSPS) is 10.1. The van der Waals surface area contributed by atoms with Crippen molar-refractivity contribution in [3.63, 3.8) is 0 Å². The Morgan fingerprint density at radius 3 is 2.91 bits per heavy atom. The zero-order chi connectivity index (χ0) is 8.43. The molecule has 3 nitrogen and oxygen atoms in total. The number of hydrogen-bond acceptors (Lipinski definition) is 2. The monoisotopic (exact) mass is 216 g/mol. The fourth-order valence-electron chi connectivity index (χ4n) is 0.928. The largest absolute Gasteiger partial charge is 0.270 e. The van der Waals surface area contributed by atoms with Crippen LogP contribution in [0.25, 0.3) is 0 Å². The maximum Gasteiger partial charge on any atom is 0.270 e. The highest BCUT2D eigenvalue weighted by Crippen LogP contribution is 1.99. The van der Waals surface area contributed by atoms with E-state index in [0.29, 0.717) is 5.33 Å². The van der Waals surface area contributed by atoms with E-state index in [1.165, 1.54) is 4.68 Å². The van der Waals surface area contributed by atoms with Crippen molar-refractivity contribution in [2.75, 3.05) is 0 Å². The molecule has 0 saturated carbocycles. The van der Waals surface area contributed by atoms with Crippen molar-refractivity contribution in [3.8, 4) is 0 Å². The Morgan fingerprint density at radius 2 is 2.36 bits per heavy atom. The van der Waals surface area contributed by atoms with Gasteiger partial charge in [0.25, 0.3) is 5.56 Å². The first-order valence-electron chi connectivity index (χ1n) is 3.25. The Balaban J connectivity index is 3.37. The summed E-state index contributed by atoms with van der Waals surface area (Å²) in [5.41, 5.74) is 1.58. The van der Waals surface area contributed by atoms with Crippen molar-refractivity contribution in [3.05, 3.63) is 27.7 Å². The molecule has 0 aromatic carbocycles. The van der Waals surface area contributed by atoms with Crippen LogP contribution in [0.4, 0.5) is 0 Å². The number of alkyl halides is 1. The van der Waals surface area contributed by atoms with E-state index in [1.807, 2.05) is 6.92 Å². The van der Waals surface area contributed by atoms with Crippen molar-refractivity contribution < 1.29 is 0 Å². The Kier molecular flexibility index (Phi) is 2.44. The fraction of sp³-hybridized carbons (Fsp3) is 0.429. The molecule has 1 rings (SSSR count). The lowest BCUT2D eigenvalue weighted by Crippen LogP contribution is -2.23. The van der Waals surface area contributed by atoms with Gasteiger partial charge in [0.05, 0.1) is 5.69 Å². The van der Waals surface area contributed by atoms with Crippen LogP contribution in [-0.2, 0) is 12.4 Å². The molecular weight excluding hydrogens is 208 g/mol. The summed E-state index contributed by atoms with van der Waals surface area (Å²) >= 11 is 3.24. The van der Waals surface area contributed by atoms with Crippen molar-refractivity contribution in [1.82, 2.24) is 9.78 Å². The molecular formula is C7H9BrN2O. The molecule has 0 aliphatic carbocycles. The molecule has 0 N–H and O–H groups in total. The van der Waals surface area contributed by atoms with Crippen molar-refractivity contribution in [2.45, 2.75) is 12.3 Å². The van der Waals surface area contributed by atoms with Crippen LogP contribution in [0.3, 0.4) is 0 Å². The average molecular weight is 217 g/mol. The maximum atomic E-state index is 11.2. The quantitative estimate of drug-likeness (QED) is 0.657. The highest BCUT2D eigenvalue weighted by atomic mass is 79.9. The van der Waals surface area contributed by atoms with Gasteiger partial charge < -0.3 is 0 Å². The van der Waals surface area contributed by atoms with Crippen LogP contribution in [-0.4, -0.2) is 9.78 Å². The third-order valence-corrected chi connectivity index (χ3v) is 2.01. The predicted molar refractivity (Wildman–Crippen MR) is 46.8 cm³/mol. The SMILES string of the molecule is Cc1cc(CBr)c(=O)n(C)n1. The number of hydrogen-bond donors (Lipinski definition) is 0. The molecule has 0 fully saturated rings. The molecule has 0 unspecified atom stereocenters. The first-order valence-corrected chi connectivity index (χ1v) is 4.37. The summed E-state index contributed by atoms with van der Waals surface area (Å²) < 4.78 is 1.35. The predicted octanol–water partition coefficient (Wildman–Crippen LogP) is 0.984. The van der Waals surface area contributed by atoms with Gasteiger partial charge in [0.2, 0.25) is 0 Å². The summed E-state index contributed by atoms with van der Waals surface area (Å²) in [6, 6.07) is 1.79. The third kappa shape index (κ3) is 1.68. The van der Waals surface area contributed by atoms with Crippen LogP contribution in [0.5, 0.6) is 0 Å². The number of aromatic nitrogens is 2. The highest BCUT2D eigenvalue weighted by molar-refractivity contribution is 9.08. The highest BCUT2D eigenvalue weighted by Gasteiger charge is 2.00. The topological polar surface area (TPSA) is 34.9 Å². The zero-order valence-electron chi connectivity index (χ0n) is 6.47. The van der Waals surface area contributed by atoms with Gasteiger partial charge in [-0.3, -0.25) is 4.79 Å². The van der Waals surface area contributed by atoms with Gasteiger partial charge in [-0.25, -0.2) is 4.68 Å². The molecule has 0 aliphatic heterocycles. The summed E-state index contributed by atoms with van der Waals surface area (Å²) in [5, 5.41) is 4.55. The molecule has 0 radical (unpaired) electrons. The van der Waals surface area contributed by atoms with E-state index in [-0.39, 0.29) is 5.56 Å². The Hall–Kier alpha value is -0.640. The number of rotatable bonds is 1. The van der Waals surface area contributed by atoms with Crippen molar-refractivity contribution >= 4 is 15.9 Å². The van der Waals surface area contributed by atoms with Gasteiger partial charge >= 0.3 is 0 Å². The van der Waals surface area contributed by atoms with E-state index < -0.39 is 0 Å². The number of aryl methyl sites for hydroxylation is 2. The molecule has 0 aliphatic rings. The molecule has 1 aromatic rings. The van der Waals surface area contributed by atoms with Gasteiger partial charge in [0.1, 0.15) is 0 Å². The maximum absolute atomic E-state index is 11.2. The molecule has 0 saturated heterocycles. The lowest BCUT2D eigenvalue weighted by atomic mass is 10.3. The third-order valence-electron chi connectivity index (χ3n) is 1.40. The van der Waals surface area contributed by atoms with Crippen LogP contribution >= 0.6 is 15.9 Å². The molecule has 4 heteroatoms. The Labute approximate surface area is 73.2 Å². The van der Waals surface area contributed by atoms with E-state index in [1.54, 1.807) is 13.1 Å². The minimum Gasteiger partial charge on any atom is -0.267 e. The smallest absolute Gasteiger partial charge is 0.267 e.